The maximum absolute atomic E-state index is 13.7. The fraction of sp³-hybridized carbons (Fsp3) is 0.929. The number of unbranched alkanes of at least 4 members (excludes halogenated alkanes) is 1. The summed E-state index contributed by atoms with van der Waals surface area (Å²) >= 11 is 0. The van der Waals surface area contributed by atoms with Gasteiger partial charge in [0.05, 0.1) is 0 Å². The van der Waals surface area contributed by atoms with Crippen LogP contribution in [0.3, 0.4) is 0 Å². The van der Waals surface area contributed by atoms with Gasteiger partial charge in [-0.25, -0.2) is 8.78 Å². The first-order valence-electron chi connectivity index (χ1n) is 13.9. The maximum atomic E-state index is 13.7. The number of halogens is 2. The molecule has 4 fully saturated rings. The average Bonchev–Trinajstić information content (AvgIpc) is 3.18. The summed E-state index contributed by atoms with van der Waals surface area (Å²) in [6.07, 6.45) is 8.64. The molecule has 0 aromatic rings. The Morgan fingerprint density at radius 2 is 1.88 bits per heavy atom. The minimum Gasteiger partial charge on any atom is -0.352 e. The smallest absolute Gasteiger partial charge is 0.243 e. The molecule has 0 bridgehead atoms. The highest BCUT2D eigenvalue weighted by Gasteiger charge is 2.61. The van der Waals surface area contributed by atoms with Gasteiger partial charge in [-0.1, -0.05) is 40.0 Å². The van der Waals surface area contributed by atoms with Gasteiger partial charge in [0.2, 0.25) is 18.2 Å². The van der Waals surface area contributed by atoms with Crippen LogP contribution < -0.4 is 5.32 Å². The Morgan fingerprint density at radius 1 is 1.15 bits per heavy atom. The Labute approximate surface area is 205 Å². The van der Waals surface area contributed by atoms with E-state index in [-0.39, 0.29) is 23.3 Å². The molecule has 6 heteroatoms. The molecule has 0 radical (unpaired) electrons. The van der Waals surface area contributed by atoms with Crippen LogP contribution in [0.1, 0.15) is 98.3 Å². The predicted molar refractivity (Wildman–Crippen MR) is 130 cm³/mol. The minimum absolute atomic E-state index is 0.0922. The predicted octanol–water partition coefficient (Wildman–Crippen LogP) is 6.04. The second kappa shape index (κ2) is 9.69. The van der Waals surface area contributed by atoms with Crippen molar-refractivity contribution in [2.45, 2.75) is 117 Å². The van der Waals surface area contributed by atoms with E-state index >= 15 is 0 Å². The second-order valence-corrected chi connectivity index (χ2v) is 12.7. The van der Waals surface area contributed by atoms with Crippen molar-refractivity contribution in [1.29, 1.82) is 0 Å². The van der Waals surface area contributed by atoms with Crippen LogP contribution in [-0.2, 0) is 9.59 Å². The van der Waals surface area contributed by atoms with Crippen molar-refractivity contribution in [3.05, 3.63) is 0 Å². The van der Waals surface area contributed by atoms with E-state index in [1.165, 1.54) is 38.5 Å². The summed E-state index contributed by atoms with van der Waals surface area (Å²) in [6, 6.07) is -0.470. The van der Waals surface area contributed by atoms with Gasteiger partial charge in [0.25, 0.3) is 0 Å². The lowest BCUT2D eigenvalue weighted by Gasteiger charge is -2.62. The molecule has 1 heterocycles. The van der Waals surface area contributed by atoms with Crippen molar-refractivity contribution in [3.8, 4) is 0 Å². The Hall–Kier alpha value is -1.20. The highest BCUT2D eigenvalue weighted by Crippen LogP contribution is 2.65. The summed E-state index contributed by atoms with van der Waals surface area (Å²) in [7, 11) is 1.86. The standard InChI is InChI=1S/C28H46F2N2O2/c1-6-7-9-18(24(29)30)17(2)31-25(33)20-16-28(4)22-13-15-27(3)14-8-10-21(27)19(22)11-12-23(28)32(5)26(20)34/h17-24H,6-16H2,1-5H3,(H,31,33)/t17?,18?,19-,20?,21-,22+,23?,27-,28+/m0/s1. The topological polar surface area (TPSA) is 49.4 Å². The van der Waals surface area contributed by atoms with Gasteiger partial charge >= 0.3 is 0 Å². The minimum atomic E-state index is -2.48. The zero-order chi connectivity index (χ0) is 24.8. The van der Waals surface area contributed by atoms with E-state index in [1.807, 2.05) is 18.9 Å². The molecule has 3 aliphatic carbocycles. The van der Waals surface area contributed by atoms with E-state index in [0.717, 1.165) is 18.8 Å². The maximum Gasteiger partial charge on any atom is 0.243 e. The lowest BCUT2D eigenvalue weighted by atomic mass is 9.47. The molecule has 1 saturated heterocycles. The molecule has 0 spiro atoms. The van der Waals surface area contributed by atoms with E-state index in [4.69, 9.17) is 0 Å². The molecule has 4 rings (SSSR count). The van der Waals surface area contributed by atoms with Gasteiger partial charge in [-0.2, -0.15) is 0 Å². The fourth-order valence-electron chi connectivity index (χ4n) is 8.95. The Balaban J connectivity index is 1.52. The molecule has 2 amide bonds. The van der Waals surface area contributed by atoms with Gasteiger partial charge < -0.3 is 10.2 Å². The molecular weight excluding hydrogens is 434 g/mol. The second-order valence-electron chi connectivity index (χ2n) is 12.7. The van der Waals surface area contributed by atoms with Gasteiger partial charge in [-0.15, -0.1) is 0 Å². The number of carbonyl (C=O) groups excluding carboxylic acids is 2. The zero-order valence-electron chi connectivity index (χ0n) is 21.9. The number of likely N-dealkylation sites (tertiary alicyclic amines) is 1. The van der Waals surface area contributed by atoms with Crippen LogP contribution in [0.25, 0.3) is 0 Å². The molecule has 4 aliphatic rings. The SMILES string of the molecule is CCCCC(C(F)F)C(C)NC(=O)C1C[C@@]2(C)C(CC[C@@H]3[C@H]2CC[C@]2(C)CCC[C@@H]32)N(C)C1=O. The molecule has 4 nitrogen and oxygen atoms in total. The third kappa shape index (κ3) is 4.30. The number of alkyl halides is 2. The van der Waals surface area contributed by atoms with Crippen LogP contribution in [0.4, 0.5) is 8.78 Å². The summed E-state index contributed by atoms with van der Waals surface area (Å²) in [5, 5.41) is 2.85. The fourth-order valence-corrected chi connectivity index (χ4v) is 8.95. The van der Waals surface area contributed by atoms with Gasteiger partial charge in [0.1, 0.15) is 5.92 Å². The van der Waals surface area contributed by atoms with Crippen molar-refractivity contribution < 1.29 is 18.4 Å². The van der Waals surface area contributed by atoms with Crippen molar-refractivity contribution >= 4 is 11.8 Å². The molecule has 9 atom stereocenters. The molecule has 0 aromatic heterocycles. The highest BCUT2D eigenvalue weighted by molar-refractivity contribution is 6.01. The summed E-state index contributed by atoms with van der Waals surface area (Å²) in [6.45, 7) is 8.46. The number of nitrogens with zero attached hydrogens (tertiary/aromatic N) is 1. The van der Waals surface area contributed by atoms with Gasteiger partial charge in [0.15, 0.2) is 0 Å². The number of nitrogens with one attached hydrogen (secondary N) is 1. The molecule has 4 unspecified atom stereocenters. The Kier molecular flexibility index (Phi) is 7.37. The largest absolute Gasteiger partial charge is 0.352 e. The van der Waals surface area contributed by atoms with Crippen LogP contribution in [0.15, 0.2) is 0 Å². The van der Waals surface area contributed by atoms with Gasteiger partial charge in [-0.05, 0) is 86.9 Å². The van der Waals surface area contributed by atoms with E-state index in [9.17, 15) is 18.4 Å². The Bertz CT molecular complexity index is 776. The van der Waals surface area contributed by atoms with Crippen molar-refractivity contribution in [2.75, 3.05) is 7.05 Å². The third-order valence-electron chi connectivity index (χ3n) is 10.9. The van der Waals surface area contributed by atoms with Crippen LogP contribution in [0.5, 0.6) is 0 Å². The third-order valence-corrected chi connectivity index (χ3v) is 10.9. The van der Waals surface area contributed by atoms with E-state index < -0.39 is 24.3 Å². The zero-order valence-corrected chi connectivity index (χ0v) is 21.9. The lowest BCUT2D eigenvalue weighted by Crippen LogP contribution is -2.65. The summed E-state index contributed by atoms with van der Waals surface area (Å²) < 4.78 is 27.4. The molecule has 1 aliphatic heterocycles. The van der Waals surface area contributed by atoms with Gasteiger partial charge in [-0.3, -0.25) is 9.59 Å². The number of hydrogen-bond donors (Lipinski definition) is 1. The van der Waals surface area contributed by atoms with Crippen LogP contribution in [0, 0.1) is 40.4 Å². The van der Waals surface area contributed by atoms with Crippen LogP contribution in [-0.4, -0.2) is 42.3 Å². The molecule has 34 heavy (non-hydrogen) atoms. The molecular formula is C28H46F2N2O2. The van der Waals surface area contributed by atoms with Crippen molar-refractivity contribution in [3.63, 3.8) is 0 Å². The Morgan fingerprint density at radius 3 is 2.56 bits per heavy atom. The first kappa shape index (κ1) is 25.9. The lowest BCUT2D eigenvalue weighted by molar-refractivity contribution is -0.169. The molecule has 3 saturated carbocycles. The number of fused-ring (bicyclic) bond motifs is 5. The van der Waals surface area contributed by atoms with Crippen molar-refractivity contribution in [2.24, 2.45) is 40.4 Å². The summed E-state index contributed by atoms with van der Waals surface area (Å²) in [4.78, 5) is 28.5. The first-order valence-corrected chi connectivity index (χ1v) is 13.9. The number of rotatable bonds is 7. The molecule has 0 aromatic carbocycles. The molecule has 1 N–H and O–H groups in total. The van der Waals surface area contributed by atoms with Crippen LogP contribution >= 0.6 is 0 Å². The highest BCUT2D eigenvalue weighted by atomic mass is 19.3. The number of amides is 2. The quantitative estimate of drug-likeness (QED) is 0.452. The number of piperidine rings is 1. The van der Waals surface area contributed by atoms with Gasteiger partial charge in [0, 0.05) is 25.0 Å². The van der Waals surface area contributed by atoms with Crippen LogP contribution in [0.2, 0.25) is 0 Å². The summed E-state index contributed by atoms with van der Waals surface area (Å²) in [5.41, 5.74) is 0.376. The monoisotopic (exact) mass is 480 g/mol. The number of hydrogen-bond acceptors (Lipinski definition) is 2. The average molecular weight is 481 g/mol. The van der Waals surface area contributed by atoms with E-state index in [1.54, 1.807) is 6.92 Å². The number of carbonyl (C=O) groups is 2. The van der Waals surface area contributed by atoms with Crippen molar-refractivity contribution in [1.82, 2.24) is 10.2 Å². The summed E-state index contributed by atoms with van der Waals surface area (Å²) in [5.74, 6) is -0.142. The van der Waals surface area contributed by atoms with E-state index in [2.05, 4.69) is 19.2 Å². The normalized spacial score (nSPS) is 41.5. The first-order chi connectivity index (χ1) is 16.0. The molecule has 194 valence electrons. The van der Waals surface area contributed by atoms with E-state index in [0.29, 0.717) is 36.5 Å².